The lowest BCUT2D eigenvalue weighted by Gasteiger charge is -2.49. The highest BCUT2D eigenvalue weighted by Gasteiger charge is 2.43. The molecule has 0 heterocycles. The molecular formula is C17H39P3. The summed E-state index contributed by atoms with van der Waals surface area (Å²) in [6.45, 7) is 11.8. The van der Waals surface area contributed by atoms with Crippen molar-refractivity contribution in [3.8, 4) is 0 Å². The van der Waals surface area contributed by atoms with Crippen molar-refractivity contribution in [2.45, 2.75) is 102 Å². The summed E-state index contributed by atoms with van der Waals surface area (Å²) >= 11 is 0. The second-order valence-corrected chi connectivity index (χ2v) is 12.6. The summed E-state index contributed by atoms with van der Waals surface area (Å²) in [7, 11) is 6.75. The van der Waals surface area contributed by atoms with Crippen molar-refractivity contribution in [3.63, 3.8) is 0 Å². The van der Waals surface area contributed by atoms with Gasteiger partial charge in [0.05, 0.1) is 0 Å². The van der Waals surface area contributed by atoms with Crippen molar-refractivity contribution in [2.24, 2.45) is 0 Å². The molecule has 122 valence electrons. The Kier molecular flexibility index (Phi) is 11.6. The van der Waals surface area contributed by atoms with Gasteiger partial charge in [0.2, 0.25) is 0 Å². The summed E-state index contributed by atoms with van der Waals surface area (Å²) in [5.74, 6) is 0. The molecule has 0 aliphatic heterocycles. The number of hydrogen-bond acceptors (Lipinski definition) is 0. The zero-order chi connectivity index (χ0) is 15.6. The van der Waals surface area contributed by atoms with E-state index in [1.165, 1.54) is 63.9 Å². The third-order valence-electron chi connectivity index (χ3n) is 4.25. The molecule has 0 aromatic rings. The lowest BCUT2D eigenvalue weighted by atomic mass is 10.1. The standard InChI is InChI=1S/C17H39P3/c1-6-11-16(18,12-7-2)20(15-10-5)17(19,13-8-3)14-9-4/h6-15,18-19H2,1-5H3. The highest BCUT2D eigenvalue weighted by molar-refractivity contribution is 7.73. The summed E-state index contributed by atoms with van der Waals surface area (Å²) in [5, 5.41) is 0. The van der Waals surface area contributed by atoms with Gasteiger partial charge >= 0.3 is 0 Å². The first-order valence-corrected chi connectivity index (χ1v) is 11.5. The van der Waals surface area contributed by atoms with Crippen LogP contribution in [0.5, 0.6) is 0 Å². The van der Waals surface area contributed by atoms with Crippen LogP contribution in [0.4, 0.5) is 0 Å². The lowest BCUT2D eigenvalue weighted by molar-refractivity contribution is 0.577. The Labute approximate surface area is 135 Å². The van der Waals surface area contributed by atoms with Gasteiger partial charge in [0, 0.05) is 9.79 Å². The molecule has 0 aromatic carbocycles. The van der Waals surface area contributed by atoms with Crippen molar-refractivity contribution in [2.75, 3.05) is 6.16 Å². The highest BCUT2D eigenvalue weighted by atomic mass is 31.2. The molecule has 2 unspecified atom stereocenters. The van der Waals surface area contributed by atoms with Crippen LogP contribution in [0, 0.1) is 0 Å². The van der Waals surface area contributed by atoms with Gasteiger partial charge in [-0.25, -0.2) is 0 Å². The molecule has 0 saturated heterocycles. The lowest BCUT2D eigenvalue weighted by Crippen LogP contribution is -2.31. The zero-order valence-electron chi connectivity index (χ0n) is 14.7. The fourth-order valence-corrected chi connectivity index (χ4v) is 11.8. The first kappa shape index (κ1) is 21.3. The van der Waals surface area contributed by atoms with E-state index in [1.807, 2.05) is 0 Å². The van der Waals surface area contributed by atoms with Gasteiger partial charge in [0.15, 0.2) is 0 Å². The van der Waals surface area contributed by atoms with E-state index in [9.17, 15) is 0 Å². The predicted octanol–water partition coefficient (Wildman–Crippen LogP) is 7.22. The monoisotopic (exact) mass is 336 g/mol. The smallest absolute Gasteiger partial charge is 0.00571 e. The van der Waals surface area contributed by atoms with E-state index in [0.717, 1.165) is 0 Å². The quantitative estimate of drug-likeness (QED) is 0.330. The maximum Gasteiger partial charge on any atom is 0.00571 e. The molecule has 0 bridgehead atoms. The second kappa shape index (κ2) is 10.9. The van der Waals surface area contributed by atoms with E-state index >= 15 is 0 Å². The van der Waals surface area contributed by atoms with E-state index in [4.69, 9.17) is 0 Å². The number of hydrogen-bond donors (Lipinski definition) is 0. The molecular weight excluding hydrogens is 297 g/mol. The van der Waals surface area contributed by atoms with Crippen LogP contribution in [0.25, 0.3) is 0 Å². The van der Waals surface area contributed by atoms with Gasteiger partial charge in [-0.3, -0.25) is 0 Å². The van der Waals surface area contributed by atoms with Crippen LogP contribution in [0.3, 0.4) is 0 Å². The van der Waals surface area contributed by atoms with Gasteiger partial charge in [0.1, 0.15) is 0 Å². The Balaban J connectivity index is 5.40. The van der Waals surface area contributed by atoms with Crippen molar-refractivity contribution in [3.05, 3.63) is 0 Å². The van der Waals surface area contributed by atoms with Crippen LogP contribution in [0.2, 0.25) is 0 Å². The fraction of sp³-hybridized carbons (Fsp3) is 1.00. The molecule has 0 aliphatic rings. The SMILES string of the molecule is CCCP(C(P)(CCC)CCC)C(P)(CCC)CCC. The average Bonchev–Trinajstić information content (AvgIpc) is 2.36. The zero-order valence-corrected chi connectivity index (χ0v) is 17.9. The highest BCUT2D eigenvalue weighted by Crippen LogP contribution is 2.71. The van der Waals surface area contributed by atoms with E-state index in [0.29, 0.717) is 9.79 Å². The Morgan fingerprint density at radius 1 is 0.600 bits per heavy atom. The van der Waals surface area contributed by atoms with Crippen LogP contribution in [-0.2, 0) is 0 Å². The van der Waals surface area contributed by atoms with Gasteiger partial charge in [0.25, 0.3) is 0 Å². The van der Waals surface area contributed by atoms with Gasteiger partial charge in [-0.1, -0.05) is 74.6 Å². The Bertz CT molecular complexity index is 206. The topological polar surface area (TPSA) is 0 Å². The van der Waals surface area contributed by atoms with Crippen LogP contribution in [0.15, 0.2) is 0 Å². The Hall–Kier alpha value is 1.29. The summed E-state index contributed by atoms with van der Waals surface area (Å²) in [5.41, 5.74) is 0. The van der Waals surface area contributed by atoms with E-state index in [-0.39, 0.29) is 7.92 Å². The predicted molar refractivity (Wildman–Crippen MR) is 107 cm³/mol. The molecule has 0 fully saturated rings. The van der Waals surface area contributed by atoms with E-state index < -0.39 is 0 Å². The van der Waals surface area contributed by atoms with Crippen LogP contribution >= 0.6 is 26.4 Å². The van der Waals surface area contributed by atoms with E-state index in [1.54, 1.807) is 0 Å². The van der Waals surface area contributed by atoms with Gasteiger partial charge in [-0.2, -0.15) is 0 Å². The molecule has 0 amide bonds. The summed E-state index contributed by atoms with van der Waals surface area (Å²) in [6.07, 6.45) is 13.6. The molecule has 0 nitrogen and oxygen atoms in total. The van der Waals surface area contributed by atoms with Gasteiger partial charge < -0.3 is 0 Å². The average molecular weight is 336 g/mol. The first-order valence-electron chi connectivity index (χ1n) is 8.79. The molecule has 0 N–H and O–H groups in total. The minimum atomic E-state index is 0.0507. The first-order chi connectivity index (χ1) is 9.44. The summed E-state index contributed by atoms with van der Waals surface area (Å²) < 4.78 is 0. The third-order valence-corrected chi connectivity index (χ3v) is 11.2. The largest absolute Gasteiger partial charge is 0.126 e. The molecule has 2 atom stereocenters. The molecule has 0 aromatic heterocycles. The third kappa shape index (κ3) is 6.19. The molecule has 0 saturated carbocycles. The van der Waals surface area contributed by atoms with Crippen molar-refractivity contribution < 1.29 is 0 Å². The summed E-state index contributed by atoms with van der Waals surface area (Å²) in [4.78, 5) is 1.03. The number of rotatable bonds is 12. The molecule has 0 spiro atoms. The summed E-state index contributed by atoms with van der Waals surface area (Å²) in [6, 6.07) is 0. The Morgan fingerprint density at radius 3 is 1.10 bits per heavy atom. The second-order valence-electron chi connectivity index (χ2n) is 6.36. The van der Waals surface area contributed by atoms with Crippen molar-refractivity contribution in [1.82, 2.24) is 0 Å². The minimum absolute atomic E-state index is 0.0507. The molecule has 0 rings (SSSR count). The minimum Gasteiger partial charge on any atom is -0.126 e. The molecule has 3 heteroatoms. The normalized spacial score (nSPS) is 13.2. The molecule has 0 aliphatic carbocycles. The molecule has 0 radical (unpaired) electrons. The van der Waals surface area contributed by atoms with Crippen LogP contribution in [0.1, 0.15) is 92.4 Å². The maximum atomic E-state index is 3.35. The molecule has 20 heavy (non-hydrogen) atoms. The van der Waals surface area contributed by atoms with Crippen molar-refractivity contribution >= 4 is 26.4 Å². The maximum absolute atomic E-state index is 3.35. The van der Waals surface area contributed by atoms with Crippen LogP contribution < -0.4 is 0 Å². The fourth-order valence-electron chi connectivity index (χ4n) is 3.63. The van der Waals surface area contributed by atoms with Gasteiger partial charge in [-0.15, -0.1) is 18.5 Å². The Morgan fingerprint density at radius 2 is 0.900 bits per heavy atom. The van der Waals surface area contributed by atoms with Crippen LogP contribution in [-0.4, -0.2) is 16.0 Å². The van der Waals surface area contributed by atoms with E-state index in [2.05, 4.69) is 53.1 Å². The van der Waals surface area contributed by atoms with Gasteiger partial charge in [-0.05, 0) is 31.8 Å². The van der Waals surface area contributed by atoms with Crippen molar-refractivity contribution in [1.29, 1.82) is 0 Å².